The van der Waals surface area contributed by atoms with Gasteiger partial charge in [0.25, 0.3) is 0 Å². The molecule has 0 unspecified atom stereocenters. The van der Waals surface area contributed by atoms with Gasteiger partial charge in [0.1, 0.15) is 0 Å². The summed E-state index contributed by atoms with van der Waals surface area (Å²) < 4.78 is 5.20. The molecule has 0 saturated heterocycles. The van der Waals surface area contributed by atoms with Crippen molar-refractivity contribution in [3.8, 4) is 0 Å². The van der Waals surface area contributed by atoms with Crippen LogP contribution in [0.1, 0.15) is 252 Å². The quantitative estimate of drug-likeness (QED) is 0.0434. The summed E-state index contributed by atoms with van der Waals surface area (Å²) >= 11 is -1.12. The predicted molar refractivity (Wildman–Crippen MR) is 203 cm³/mol. The Kier molecular flexibility index (Phi) is 47.3. The number of halogens is 1. The van der Waals surface area contributed by atoms with Gasteiger partial charge in [-0.2, -0.15) is 0 Å². The summed E-state index contributed by atoms with van der Waals surface area (Å²) in [5.74, 6) is 0. The summed E-state index contributed by atoms with van der Waals surface area (Å²) in [5, 5.41) is 0. The number of rotatable bonds is 39. The second-order valence-electron chi connectivity index (χ2n) is 14.7. The minimum absolute atomic E-state index is 0. The van der Waals surface area contributed by atoms with Crippen molar-refractivity contribution in [1.82, 2.24) is 0 Å². The van der Waals surface area contributed by atoms with Crippen LogP contribution >= 0.6 is 0 Å². The fraction of sp³-hybridized carbons (Fsp3) is 1.00. The molecule has 0 nitrogen and oxygen atoms in total. The third-order valence-corrected chi connectivity index (χ3v) is 19.2. The Hall–Kier alpha value is 1.09. The molecule has 0 atom stereocenters. The molecule has 0 saturated carbocycles. The molecule has 0 amide bonds. The van der Waals surface area contributed by atoms with E-state index >= 15 is 0 Å². The first-order valence-corrected chi connectivity index (χ1v) is 27.2. The average Bonchev–Trinajstić information content (AvgIpc) is 3.02. The predicted octanol–water partition coefficient (Wildman–Crippen LogP) is 13.6. The van der Waals surface area contributed by atoms with Crippen LogP contribution in [0.4, 0.5) is 0 Å². The third-order valence-electron chi connectivity index (χ3n) is 10.2. The molecule has 44 heavy (non-hydrogen) atoms. The standard InChI is InChI=1S/3C14H29.ClH.Sn/c3*1-3-5-7-9-11-13-14-12-10-8-6-4-2;;/h3*1,3-14H2,2H3;1H;/q;;;;+1/p-1. The second-order valence-corrected chi connectivity index (χ2v) is 23.2. The molecule has 0 aliphatic heterocycles. The van der Waals surface area contributed by atoms with E-state index in [4.69, 9.17) is 0 Å². The zero-order valence-electron chi connectivity index (χ0n) is 31.5. The Morgan fingerprint density at radius 2 is 0.341 bits per heavy atom. The van der Waals surface area contributed by atoms with Crippen LogP contribution in [-0.4, -0.2) is 19.8 Å². The zero-order chi connectivity index (χ0) is 31.2. The molecular weight excluding hydrogens is 659 g/mol. The maximum absolute atomic E-state index is 2.32. The van der Waals surface area contributed by atoms with Crippen molar-refractivity contribution < 1.29 is 12.4 Å². The summed E-state index contributed by atoms with van der Waals surface area (Å²) in [4.78, 5) is 0. The molecule has 0 spiro atoms. The average molecular weight is 746 g/mol. The zero-order valence-corrected chi connectivity index (χ0v) is 35.1. The molecule has 0 heterocycles. The number of hydrogen-bond acceptors (Lipinski definition) is 0. The van der Waals surface area contributed by atoms with Gasteiger partial charge in [0.15, 0.2) is 0 Å². The molecule has 0 fully saturated rings. The molecule has 0 rings (SSSR count). The van der Waals surface area contributed by atoms with Gasteiger partial charge in [-0.1, -0.05) is 40.0 Å². The van der Waals surface area contributed by atoms with Gasteiger partial charge in [0, 0.05) is 0 Å². The molecule has 0 N–H and O–H groups in total. The summed E-state index contributed by atoms with van der Waals surface area (Å²) in [7, 11) is 0. The summed E-state index contributed by atoms with van der Waals surface area (Å²) in [6.45, 7) is 6.97. The second kappa shape index (κ2) is 44.1. The molecule has 0 aliphatic carbocycles. The smallest absolute Gasteiger partial charge is 1.00 e. The van der Waals surface area contributed by atoms with Crippen LogP contribution < -0.4 is 12.4 Å². The Labute approximate surface area is 295 Å². The minimum Gasteiger partial charge on any atom is -1.00 e. The Balaban J connectivity index is 0. The minimum atomic E-state index is -1.12. The first-order chi connectivity index (χ1) is 21.3. The Morgan fingerprint density at radius 3 is 0.500 bits per heavy atom. The van der Waals surface area contributed by atoms with Gasteiger partial charge in [0.05, 0.1) is 0 Å². The van der Waals surface area contributed by atoms with E-state index in [0.29, 0.717) is 0 Å². The van der Waals surface area contributed by atoms with Crippen LogP contribution in [0.3, 0.4) is 0 Å². The summed E-state index contributed by atoms with van der Waals surface area (Å²) in [6.07, 6.45) is 54.0. The van der Waals surface area contributed by atoms with Crippen LogP contribution in [-0.2, 0) is 0 Å². The van der Waals surface area contributed by atoms with Crippen molar-refractivity contribution in [2.75, 3.05) is 0 Å². The van der Waals surface area contributed by atoms with Crippen LogP contribution in [0.2, 0.25) is 13.3 Å². The third kappa shape index (κ3) is 41.1. The van der Waals surface area contributed by atoms with E-state index in [1.807, 2.05) is 0 Å². The van der Waals surface area contributed by atoms with E-state index < -0.39 is 19.8 Å². The van der Waals surface area contributed by atoms with Crippen molar-refractivity contribution in [3.05, 3.63) is 0 Å². The molecule has 266 valence electrons. The fourth-order valence-electron chi connectivity index (χ4n) is 7.02. The van der Waals surface area contributed by atoms with Gasteiger partial charge in [-0.3, -0.25) is 0 Å². The van der Waals surface area contributed by atoms with E-state index in [9.17, 15) is 0 Å². The molecule has 0 aromatic rings. The van der Waals surface area contributed by atoms with E-state index in [0.717, 1.165) is 0 Å². The van der Waals surface area contributed by atoms with Crippen molar-refractivity contribution >= 4 is 19.8 Å². The van der Waals surface area contributed by atoms with E-state index in [1.54, 1.807) is 51.8 Å². The topological polar surface area (TPSA) is 0 Å². The number of hydrogen-bond donors (Lipinski definition) is 0. The van der Waals surface area contributed by atoms with E-state index in [2.05, 4.69) is 20.8 Å². The van der Waals surface area contributed by atoms with E-state index in [1.165, 1.54) is 193 Å². The molecule has 0 radical (unpaired) electrons. The Morgan fingerprint density at radius 1 is 0.205 bits per heavy atom. The molecule has 0 aromatic heterocycles. The monoisotopic (exact) mass is 747 g/mol. The molecular formula is C42H87ClSn. The SMILES string of the molecule is CCCCCCCCCCCCC[CH2][Sn+]([CH2]CCCCCCCCCCCCC)[CH2]CCCCCCCCCCCCC.[Cl-]. The van der Waals surface area contributed by atoms with E-state index in [-0.39, 0.29) is 12.4 Å². The van der Waals surface area contributed by atoms with Gasteiger partial charge < -0.3 is 12.4 Å². The normalized spacial score (nSPS) is 11.2. The fourth-order valence-corrected chi connectivity index (χ4v) is 15.6. The number of unbranched alkanes of at least 4 members (excludes halogenated alkanes) is 33. The van der Waals surface area contributed by atoms with Crippen molar-refractivity contribution in [2.24, 2.45) is 0 Å². The van der Waals surface area contributed by atoms with Gasteiger partial charge >= 0.3 is 245 Å². The van der Waals surface area contributed by atoms with Gasteiger partial charge in [-0.15, -0.1) is 0 Å². The van der Waals surface area contributed by atoms with Crippen LogP contribution in [0.25, 0.3) is 0 Å². The maximum atomic E-state index is 2.32. The Bertz CT molecular complexity index is 400. The summed E-state index contributed by atoms with van der Waals surface area (Å²) in [6, 6.07) is 0. The van der Waals surface area contributed by atoms with Gasteiger partial charge in [0.2, 0.25) is 0 Å². The molecule has 0 bridgehead atoms. The van der Waals surface area contributed by atoms with Crippen LogP contribution in [0.15, 0.2) is 0 Å². The van der Waals surface area contributed by atoms with Gasteiger partial charge in [-0.25, -0.2) is 0 Å². The van der Waals surface area contributed by atoms with Crippen molar-refractivity contribution in [3.63, 3.8) is 0 Å². The van der Waals surface area contributed by atoms with Crippen LogP contribution in [0, 0.1) is 0 Å². The molecule has 0 aliphatic rings. The van der Waals surface area contributed by atoms with Gasteiger partial charge in [-0.05, 0) is 0 Å². The van der Waals surface area contributed by atoms with Crippen LogP contribution in [0.5, 0.6) is 0 Å². The molecule has 0 aromatic carbocycles. The van der Waals surface area contributed by atoms with Crippen molar-refractivity contribution in [1.29, 1.82) is 0 Å². The summed E-state index contributed by atoms with van der Waals surface area (Å²) in [5.41, 5.74) is 0. The first-order valence-electron chi connectivity index (χ1n) is 21.2. The first kappa shape index (κ1) is 47.2. The molecule has 2 heteroatoms. The van der Waals surface area contributed by atoms with Crippen molar-refractivity contribution in [2.45, 2.75) is 265 Å².